The molecule has 1 N–H and O–H groups in total. The van der Waals surface area contributed by atoms with Crippen molar-refractivity contribution < 1.29 is 28.9 Å². The van der Waals surface area contributed by atoms with Gasteiger partial charge in [-0.2, -0.15) is 0 Å². The lowest BCUT2D eigenvalue weighted by molar-refractivity contribution is -0.394. The third-order valence-electron chi connectivity index (χ3n) is 4.48. The number of non-ortho nitro benzene ring substituents is 1. The molecule has 2 aromatic carbocycles. The van der Waals surface area contributed by atoms with Crippen molar-refractivity contribution in [3.05, 3.63) is 67.9 Å². The van der Waals surface area contributed by atoms with E-state index in [9.17, 15) is 29.8 Å². The molecule has 32 heavy (non-hydrogen) atoms. The van der Waals surface area contributed by atoms with Crippen molar-refractivity contribution in [2.45, 2.75) is 13.3 Å². The first kappa shape index (κ1) is 22.2. The van der Waals surface area contributed by atoms with Crippen LogP contribution in [-0.2, 0) is 4.79 Å². The molecule has 12 heteroatoms. The summed E-state index contributed by atoms with van der Waals surface area (Å²) in [7, 11) is 1.36. The van der Waals surface area contributed by atoms with E-state index in [2.05, 4.69) is 5.32 Å². The Balaban J connectivity index is 1.90. The average molecular weight is 442 g/mol. The minimum atomic E-state index is -0.788. The van der Waals surface area contributed by atoms with E-state index in [4.69, 9.17) is 9.47 Å². The summed E-state index contributed by atoms with van der Waals surface area (Å²) in [6.45, 7) is 2.15. The zero-order chi connectivity index (χ0) is 23.4. The van der Waals surface area contributed by atoms with Crippen molar-refractivity contribution in [2.24, 2.45) is 0 Å². The van der Waals surface area contributed by atoms with Gasteiger partial charge in [0.1, 0.15) is 5.70 Å². The first-order valence-electron chi connectivity index (χ1n) is 9.38. The van der Waals surface area contributed by atoms with Gasteiger partial charge in [-0.15, -0.1) is 0 Å². The summed E-state index contributed by atoms with van der Waals surface area (Å²) in [4.78, 5) is 46.0. The monoisotopic (exact) mass is 442 g/mol. The number of urea groups is 1. The minimum Gasteiger partial charge on any atom is -0.493 e. The molecule has 3 rings (SSSR count). The van der Waals surface area contributed by atoms with Gasteiger partial charge in [-0.1, -0.05) is 13.0 Å². The summed E-state index contributed by atoms with van der Waals surface area (Å²) in [6, 6.07) is 7.05. The Bertz CT molecular complexity index is 1140. The maximum atomic E-state index is 12.4. The normalized spacial score (nSPS) is 14.4. The van der Waals surface area contributed by atoms with Gasteiger partial charge in [-0.05, 0) is 36.3 Å². The van der Waals surface area contributed by atoms with Crippen LogP contribution in [0, 0.1) is 20.2 Å². The number of carbonyl (C=O) groups is 2. The molecule has 166 valence electrons. The highest BCUT2D eigenvalue weighted by Crippen LogP contribution is 2.38. The Labute approximate surface area is 181 Å². The molecular formula is C20H18N4O8. The molecule has 1 fully saturated rings. The van der Waals surface area contributed by atoms with Crippen molar-refractivity contribution in [3.63, 3.8) is 0 Å². The zero-order valence-corrected chi connectivity index (χ0v) is 17.1. The second-order valence-electron chi connectivity index (χ2n) is 6.62. The van der Waals surface area contributed by atoms with E-state index >= 15 is 0 Å². The van der Waals surface area contributed by atoms with Gasteiger partial charge in [-0.25, -0.2) is 4.79 Å². The molecule has 1 aliphatic heterocycles. The number of amides is 3. The standard InChI is InChI=1S/C20H18N4O8/c1-3-8-22-19(25)14(21-20(22)26)9-12-4-6-17(18(10-12)31-2)32-16-7-5-13(23(27)28)11-15(16)24(29)30/h4-7,9-11H,3,8H2,1-2H3,(H,21,26)/b14-9+. The molecule has 0 unspecified atom stereocenters. The smallest absolute Gasteiger partial charge is 0.329 e. The number of hydrogen-bond donors (Lipinski definition) is 1. The summed E-state index contributed by atoms with van der Waals surface area (Å²) >= 11 is 0. The Morgan fingerprint density at radius 1 is 1.03 bits per heavy atom. The number of hydrogen-bond acceptors (Lipinski definition) is 8. The topological polar surface area (TPSA) is 154 Å². The van der Waals surface area contributed by atoms with Crippen molar-refractivity contribution in [3.8, 4) is 17.2 Å². The Morgan fingerprint density at radius 2 is 1.75 bits per heavy atom. The number of methoxy groups -OCH3 is 1. The molecule has 2 aromatic rings. The first-order chi connectivity index (χ1) is 15.2. The third-order valence-corrected chi connectivity index (χ3v) is 4.48. The van der Waals surface area contributed by atoms with Gasteiger partial charge < -0.3 is 14.8 Å². The second kappa shape index (κ2) is 9.12. The summed E-state index contributed by atoms with van der Waals surface area (Å²) in [5, 5.41) is 24.7. The number of nitro benzene ring substituents is 2. The number of nitro groups is 2. The number of rotatable bonds is 8. The van der Waals surface area contributed by atoms with Crippen LogP contribution in [0.1, 0.15) is 18.9 Å². The third kappa shape index (κ3) is 4.48. The molecule has 1 aliphatic rings. The lowest BCUT2D eigenvalue weighted by Gasteiger charge is -2.11. The van der Waals surface area contributed by atoms with Crippen LogP contribution in [0.4, 0.5) is 16.2 Å². The van der Waals surface area contributed by atoms with E-state index in [1.54, 1.807) is 6.07 Å². The number of nitrogens with zero attached hydrogens (tertiary/aromatic N) is 3. The van der Waals surface area contributed by atoms with Crippen LogP contribution < -0.4 is 14.8 Å². The number of nitrogens with one attached hydrogen (secondary N) is 1. The Hall–Kier alpha value is -4.48. The molecule has 3 amide bonds. The summed E-state index contributed by atoms with van der Waals surface area (Å²) in [5.41, 5.74) is -0.416. The van der Waals surface area contributed by atoms with Crippen molar-refractivity contribution in [2.75, 3.05) is 13.7 Å². The van der Waals surface area contributed by atoms with Gasteiger partial charge in [0.2, 0.25) is 5.75 Å². The van der Waals surface area contributed by atoms with Gasteiger partial charge in [0.05, 0.1) is 23.0 Å². The van der Waals surface area contributed by atoms with E-state index in [1.807, 2.05) is 6.92 Å². The van der Waals surface area contributed by atoms with Gasteiger partial charge in [-0.3, -0.25) is 29.9 Å². The van der Waals surface area contributed by atoms with E-state index in [0.717, 1.165) is 23.1 Å². The van der Waals surface area contributed by atoms with Gasteiger partial charge in [0, 0.05) is 12.6 Å². The predicted molar refractivity (Wildman–Crippen MR) is 111 cm³/mol. The summed E-state index contributed by atoms with van der Waals surface area (Å²) < 4.78 is 10.9. The highest BCUT2D eigenvalue weighted by atomic mass is 16.6. The van der Waals surface area contributed by atoms with E-state index in [1.165, 1.54) is 25.3 Å². The van der Waals surface area contributed by atoms with E-state index < -0.39 is 33.2 Å². The molecule has 0 aromatic heterocycles. The van der Waals surface area contributed by atoms with Crippen molar-refractivity contribution in [1.82, 2.24) is 10.2 Å². The number of carbonyl (C=O) groups excluding carboxylic acids is 2. The fraction of sp³-hybridized carbons (Fsp3) is 0.200. The molecule has 1 heterocycles. The molecule has 0 atom stereocenters. The fourth-order valence-corrected chi connectivity index (χ4v) is 2.99. The SMILES string of the molecule is CCCN1C(=O)N/C(=C/c2ccc(Oc3ccc([N+](=O)[O-])cc3[N+](=O)[O-])c(OC)c2)C1=O. The second-order valence-corrected chi connectivity index (χ2v) is 6.62. The molecular weight excluding hydrogens is 424 g/mol. The summed E-state index contributed by atoms with van der Waals surface area (Å²) in [6.07, 6.45) is 2.09. The van der Waals surface area contributed by atoms with Crippen LogP contribution in [-0.4, -0.2) is 40.3 Å². The van der Waals surface area contributed by atoms with Gasteiger partial charge in [0.15, 0.2) is 11.5 Å². The highest BCUT2D eigenvalue weighted by molar-refractivity contribution is 6.13. The largest absolute Gasteiger partial charge is 0.493 e. The van der Waals surface area contributed by atoms with E-state index in [0.29, 0.717) is 18.5 Å². The molecule has 0 aliphatic carbocycles. The molecule has 0 saturated carbocycles. The van der Waals surface area contributed by atoms with Crippen LogP contribution in [0.25, 0.3) is 6.08 Å². The van der Waals surface area contributed by atoms with E-state index in [-0.39, 0.29) is 22.9 Å². The number of benzene rings is 2. The number of ether oxygens (including phenoxy) is 2. The molecule has 0 bridgehead atoms. The fourth-order valence-electron chi connectivity index (χ4n) is 2.99. The van der Waals surface area contributed by atoms with Crippen LogP contribution in [0.15, 0.2) is 42.1 Å². The van der Waals surface area contributed by atoms with Crippen molar-refractivity contribution >= 4 is 29.4 Å². The van der Waals surface area contributed by atoms with Crippen LogP contribution in [0.3, 0.4) is 0 Å². The van der Waals surface area contributed by atoms with Crippen LogP contribution in [0.5, 0.6) is 17.2 Å². The average Bonchev–Trinajstić information content (AvgIpc) is 3.02. The minimum absolute atomic E-state index is 0.102. The van der Waals surface area contributed by atoms with Gasteiger partial charge >= 0.3 is 11.7 Å². The molecule has 0 radical (unpaired) electrons. The Morgan fingerprint density at radius 3 is 2.38 bits per heavy atom. The van der Waals surface area contributed by atoms with Gasteiger partial charge in [0.25, 0.3) is 11.6 Å². The first-order valence-corrected chi connectivity index (χ1v) is 9.38. The maximum absolute atomic E-state index is 12.4. The van der Waals surface area contributed by atoms with Crippen molar-refractivity contribution in [1.29, 1.82) is 0 Å². The molecule has 12 nitrogen and oxygen atoms in total. The van der Waals surface area contributed by atoms with Crippen LogP contribution >= 0.6 is 0 Å². The lowest BCUT2D eigenvalue weighted by Crippen LogP contribution is -2.31. The quantitative estimate of drug-likeness (QED) is 0.281. The maximum Gasteiger partial charge on any atom is 0.329 e. The number of imide groups is 1. The lowest BCUT2D eigenvalue weighted by atomic mass is 10.1. The Kier molecular flexibility index (Phi) is 6.33. The molecule has 0 spiro atoms. The highest BCUT2D eigenvalue weighted by Gasteiger charge is 2.32. The predicted octanol–water partition coefficient (Wildman–Crippen LogP) is 3.61. The van der Waals surface area contributed by atoms with Crippen LogP contribution in [0.2, 0.25) is 0 Å². The molecule has 1 saturated heterocycles. The zero-order valence-electron chi connectivity index (χ0n) is 17.1. The summed E-state index contributed by atoms with van der Waals surface area (Å²) in [5.74, 6) is -0.355.